The number of amides is 2. The Hall–Kier alpha value is -0.880. The van der Waals surface area contributed by atoms with Gasteiger partial charge < -0.3 is 10.6 Å². The Labute approximate surface area is 112 Å². The molecule has 0 spiro atoms. The van der Waals surface area contributed by atoms with Crippen molar-refractivity contribution in [2.24, 2.45) is 0 Å². The van der Waals surface area contributed by atoms with Gasteiger partial charge in [-0.3, -0.25) is 9.59 Å². The maximum atomic E-state index is 12.0. The summed E-state index contributed by atoms with van der Waals surface area (Å²) in [6.07, 6.45) is 2.99. The van der Waals surface area contributed by atoms with Gasteiger partial charge in [0, 0.05) is 17.2 Å². The quantitative estimate of drug-likeness (QED) is 0.880. The summed E-state index contributed by atoms with van der Waals surface area (Å²) in [5, 5.41) is 9.33. The molecule has 1 aliphatic heterocycles. The maximum absolute atomic E-state index is 12.0. The molecule has 1 aliphatic rings. The Kier molecular flexibility index (Phi) is 4.17. The minimum absolute atomic E-state index is 0.0352. The summed E-state index contributed by atoms with van der Waals surface area (Å²) in [5.74, 6) is -0.175. The normalized spacial score (nSPS) is 20.5. The molecule has 1 aromatic heterocycles. The van der Waals surface area contributed by atoms with Crippen molar-refractivity contribution in [2.75, 3.05) is 5.32 Å². The summed E-state index contributed by atoms with van der Waals surface area (Å²) in [7, 11) is 0. The van der Waals surface area contributed by atoms with Crippen LogP contribution in [0.4, 0.5) is 5.69 Å². The van der Waals surface area contributed by atoms with Crippen molar-refractivity contribution in [1.82, 2.24) is 5.32 Å². The molecule has 0 bridgehead atoms. The molecular formula is C11H13BrN2O2S. The van der Waals surface area contributed by atoms with Crippen molar-refractivity contribution in [3.63, 3.8) is 0 Å². The molecule has 1 saturated heterocycles. The number of nitrogens with one attached hydrogen (secondary N) is 2. The first kappa shape index (κ1) is 12.6. The molecule has 6 heteroatoms. The first-order valence-electron chi connectivity index (χ1n) is 5.49. The maximum Gasteiger partial charge on any atom is 0.246 e. The van der Waals surface area contributed by atoms with Gasteiger partial charge in [0.2, 0.25) is 11.8 Å². The molecule has 2 N–H and O–H groups in total. The lowest BCUT2D eigenvalue weighted by molar-refractivity contribution is -0.125. The van der Waals surface area contributed by atoms with Crippen LogP contribution in [0.15, 0.2) is 15.2 Å². The van der Waals surface area contributed by atoms with E-state index >= 15 is 0 Å². The predicted octanol–water partition coefficient (Wildman–Crippen LogP) is 2.51. The molecule has 1 aromatic rings. The summed E-state index contributed by atoms with van der Waals surface area (Å²) in [5.41, 5.74) is 0.762. The van der Waals surface area contributed by atoms with E-state index in [9.17, 15) is 9.59 Å². The third-order valence-electron chi connectivity index (χ3n) is 2.67. The number of carbonyl (C=O) groups is 2. The van der Waals surface area contributed by atoms with Crippen LogP contribution >= 0.6 is 27.3 Å². The fraction of sp³-hybridized carbons (Fsp3) is 0.455. The van der Waals surface area contributed by atoms with Gasteiger partial charge in [0.05, 0.1) is 10.2 Å². The van der Waals surface area contributed by atoms with Crippen molar-refractivity contribution in [1.29, 1.82) is 0 Å². The van der Waals surface area contributed by atoms with Gasteiger partial charge in [-0.15, -0.1) is 11.3 Å². The molecule has 0 radical (unpaired) electrons. The van der Waals surface area contributed by atoms with Crippen molar-refractivity contribution < 1.29 is 9.59 Å². The topological polar surface area (TPSA) is 58.2 Å². The highest BCUT2D eigenvalue weighted by molar-refractivity contribution is 9.10. The van der Waals surface area contributed by atoms with Crippen LogP contribution in [0.2, 0.25) is 0 Å². The van der Waals surface area contributed by atoms with Crippen LogP contribution in [0.3, 0.4) is 0 Å². The van der Waals surface area contributed by atoms with E-state index < -0.39 is 6.04 Å². The van der Waals surface area contributed by atoms with Crippen LogP contribution in [0.25, 0.3) is 0 Å². The fourth-order valence-corrected chi connectivity index (χ4v) is 3.09. The van der Waals surface area contributed by atoms with E-state index in [0.717, 1.165) is 23.0 Å². The third-order valence-corrected chi connectivity index (χ3v) is 4.37. The predicted molar refractivity (Wildman–Crippen MR) is 71.0 cm³/mol. The van der Waals surface area contributed by atoms with E-state index in [1.807, 2.05) is 10.8 Å². The second-order valence-corrected chi connectivity index (χ2v) is 5.59. The van der Waals surface area contributed by atoms with Gasteiger partial charge in [-0.2, -0.15) is 0 Å². The average Bonchev–Trinajstić information content (AvgIpc) is 2.57. The highest BCUT2D eigenvalue weighted by Gasteiger charge is 2.23. The summed E-state index contributed by atoms with van der Waals surface area (Å²) in [4.78, 5) is 23.3. The minimum atomic E-state index is -0.406. The molecule has 2 rings (SSSR count). The SMILES string of the molecule is O=C1CCCC[C@@H](C(=O)Nc2cscc2Br)N1. The lowest BCUT2D eigenvalue weighted by Crippen LogP contribution is -2.42. The lowest BCUT2D eigenvalue weighted by Gasteiger charge is -2.15. The molecule has 92 valence electrons. The van der Waals surface area contributed by atoms with Crippen molar-refractivity contribution in [3.05, 3.63) is 15.2 Å². The summed E-state index contributed by atoms with van der Waals surface area (Å²) in [6, 6.07) is -0.406. The van der Waals surface area contributed by atoms with Crippen LogP contribution in [-0.2, 0) is 9.59 Å². The van der Waals surface area contributed by atoms with E-state index in [2.05, 4.69) is 26.6 Å². The minimum Gasteiger partial charge on any atom is -0.344 e. The van der Waals surface area contributed by atoms with Gasteiger partial charge in [-0.05, 0) is 28.8 Å². The molecule has 0 unspecified atom stereocenters. The molecule has 1 fully saturated rings. The number of carbonyl (C=O) groups excluding carboxylic acids is 2. The molecule has 17 heavy (non-hydrogen) atoms. The monoisotopic (exact) mass is 316 g/mol. The average molecular weight is 317 g/mol. The molecule has 2 heterocycles. The fourth-order valence-electron chi connectivity index (χ4n) is 1.76. The molecule has 0 aromatic carbocycles. The first-order valence-corrected chi connectivity index (χ1v) is 7.22. The van der Waals surface area contributed by atoms with Crippen LogP contribution in [0.5, 0.6) is 0 Å². The van der Waals surface area contributed by atoms with Gasteiger partial charge in [0.15, 0.2) is 0 Å². The van der Waals surface area contributed by atoms with Gasteiger partial charge in [0.25, 0.3) is 0 Å². The van der Waals surface area contributed by atoms with Crippen LogP contribution in [0.1, 0.15) is 25.7 Å². The van der Waals surface area contributed by atoms with Gasteiger partial charge in [0.1, 0.15) is 6.04 Å². The number of thiophene rings is 1. The van der Waals surface area contributed by atoms with Gasteiger partial charge >= 0.3 is 0 Å². The largest absolute Gasteiger partial charge is 0.344 e. The summed E-state index contributed by atoms with van der Waals surface area (Å²) in [6.45, 7) is 0. The first-order chi connectivity index (χ1) is 8.16. The Balaban J connectivity index is 1.99. The second-order valence-electron chi connectivity index (χ2n) is 3.99. The van der Waals surface area contributed by atoms with E-state index in [1.54, 1.807) is 0 Å². The Morgan fingerprint density at radius 3 is 3.00 bits per heavy atom. The standard InChI is InChI=1S/C11H13BrN2O2S/c12-7-5-17-6-9(7)14-11(16)8-3-1-2-4-10(15)13-8/h5-6,8H,1-4H2,(H,13,15)(H,14,16)/t8-/m0/s1. The lowest BCUT2D eigenvalue weighted by atomic mass is 10.1. The van der Waals surface area contributed by atoms with Crippen molar-refractivity contribution in [3.8, 4) is 0 Å². The number of hydrogen-bond acceptors (Lipinski definition) is 3. The highest BCUT2D eigenvalue weighted by atomic mass is 79.9. The van der Waals surface area contributed by atoms with Crippen LogP contribution in [-0.4, -0.2) is 17.9 Å². The van der Waals surface area contributed by atoms with Crippen molar-refractivity contribution >= 4 is 44.8 Å². The third kappa shape index (κ3) is 3.29. The number of anilines is 1. The number of hydrogen-bond donors (Lipinski definition) is 2. The van der Waals surface area contributed by atoms with E-state index in [0.29, 0.717) is 12.8 Å². The van der Waals surface area contributed by atoms with E-state index in [1.165, 1.54) is 11.3 Å². The molecule has 1 atom stereocenters. The number of halogens is 1. The summed E-state index contributed by atoms with van der Waals surface area (Å²) < 4.78 is 0.871. The number of rotatable bonds is 2. The zero-order valence-electron chi connectivity index (χ0n) is 9.16. The van der Waals surface area contributed by atoms with E-state index in [-0.39, 0.29) is 11.8 Å². The molecular weight excluding hydrogens is 304 g/mol. The molecule has 0 aliphatic carbocycles. The zero-order valence-corrected chi connectivity index (χ0v) is 11.6. The second kappa shape index (κ2) is 5.64. The Morgan fingerprint density at radius 1 is 1.47 bits per heavy atom. The zero-order chi connectivity index (χ0) is 12.3. The molecule has 4 nitrogen and oxygen atoms in total. The summed E-state index contributed by atoms with van der Waals surface area (Å²) >= 11 is 4.86. The van der Waals surface area contributed by atoms with Crippen molar-refractivity contribution in [2.45, 2.75) is 31.7 Å². The Bertz CT molecular complexity index is 433. The van der Waals surface area contributed by atoms with E-state index in [4.69, 9.17) is 0 Å². The smallest absolute Gasteiger partial charge is 0.246 e. The van der Waals surface area contributed by atoms with Gasteiger partial charge in [-0.1, -0.05) is 6.42 Å². The van der Waals surface area contributed by atoms with Crippen LogP contribution < -0.4 is 10.6 Å². The molecule has 0 saturated carbocycles. The Morgan fingerprint density at radius 2 is 2.29 bits per heavy atom. The highest BCUT2D eigenvalue weighted by Crippen LogP contribution is 2.26. The van der Waals surface area contributed by atoms with Crippen LogP contribution in [0, 0.1) is 0 Å². The van der Waals surface area contributed by atoms with Gasteiger partial charge in [-0.25, -0.2) is 0 Å². The molecule has 2 amide bonds.